The van der Waals surface area contributed by atoms with E-state index >= 15 is 0 Å². The molecule has 0 unspecified atom stereocenters. The molecule has 2 aromatic heterocycles. The van der Waals surface area contributed by atoms with Gasteiger partial charge in [-0.15, -0.1) is 6.42 Å². The standard InChI is InChI=1S/C20H20N4O3S/c1-5-10-23-16-9-8-14(19(26)27-7-3)12-17(16)28-20(23)21-18(25)15-11-13(4)24(6-2)22-15/h1,8-9,11-12H,6-7,10H2,2-4H3. The van der Waals surface area contributed by atoms with Crippen molar-refractivity contribution in [2.24, 2.45) is 4.99 Å². The lowest BCUT2D eigenvalue weighted by Gasteiger charge is -2.03. The van der Waals surface area contributed by atoms with Gasteiger partial charge in [0.15, 0.2) is 10.5 Å². The normalized spacial score (nSPS) is 11.6. The van der Waals surface area contributed by atoms with Gasteiger partial charge in [-0.25, -0.2) is 4.79 Å². The van der Waals surface area contributed by atoms with Gasteiger partial charge in [0.05, 0.1) is 28.9 Å². The Labute approximate surface area is 166 Å². The number of benzene rings is 1. The van der Waals surface area contributed by atoms with E-state index in [1.165, 1.54) is 11.3 Å². The monoisotopic (exact) mass is 396 g/mol. The smallest absolute Gasteiger partial charge is 0.338 e. The van der Waals surface area contributed by atoms with Crippen LogP contribution >= 0.6 is 11.3 Å². The van der Waals surface area contributed by atoms with Crippen molar-refractivity contribution < 1.29 is 14.3 Å². The van der Waals surface area contributed by atoms with E-state index in [2.05, 4.69) is 16.0 Å². The van der Waals surface area contributed by atoms with Crippen LogP contribution in [0, 0.1) is 19.3 Å². The average Bonchev–Trinajstić information content (AvgIpc) is 3.22. The van der Waals surface area contributed by atoms with E-state index in [-0.39, 0.29) is 12.2 Å². The molecule has 144 valence electrons. The number of aromatic nitrogens is 3. The second-order valence-corrected chi connectivity index (χ2v) is 6.99. The first-order valence-electron chi connectivity index (χ1n) is 8.86. The van der Waals surface area contributed by atoms with Gasteiger partial charge in [-0.2, -0.15) is 10.1 Å². The predicted octanol–water partition coefficient (Wildman–Crippen LogP) is 2.78. The molecule has 0 saturated heterocycles. The molecule has 0 aliphatic heterocycles. The number of ether oxygens (including phenoxy) is 1. The Morgan fingerprint density at radius 1 is 1.32 bits per heavy atom. The van der Waals surface area contributed by atoms with E-state index in [9.17, 15) is 9.59 Å². The van der Waals surface area contributed by atoms with E-state index < -0.39 is 11.9 Å². The highest BCUT2D eigenvalue weighted by Gasteiger charge is 2.14. The highest BCUT2D eigenvalue weighted by atomic mass is 32.1. The van der Waals surface area contributed by atoms with E-state index in [1.807, 2.05) is 13.8 Å². The molecule has 0 N–H and O–H groups in total. The van der Waals surface area contributed by atoms with Crippen LogP contribution in [-0.4, -0.2) is 32.8 Å². The maximum atomic E-state index is 12.6. The number of amides is 1. The summed E-state index contributed by atoms with van der Waals surface area (Å²) in [6.45, 7) is 6.84. The van der Waals surface area contributed by atoms with Crippen molar-refractivity contribution in [2.75, 3.05) is 6.61 Å². The summed E-state index contributed by atoms with van der Waals surface area (Å²) < 4.78 is 9.36. The van der Waals surface area contributed by atoms with Crippen LogP contribution in [0.4, 0.5) is 0 Å². The fraction of sp³-hybridized carbons (Fsp3) is 0.300. The molecule has 0 spiro atoms. The fourth-order valence-electron chi connectivity index (χ4n) is 2.82. The van der Waals surface area contributed by atoms with Crippen LogP contribution in [0.5, 0.6) is 0 Å². The number of esters is 1. The Morgan fingerprint density at radius 2 is 2.11 bits per heavy atom. The third kappa shape index (κ3) is 3.75. The second-order valence-electron chi connectivity index (χ2n) is 5.98. The lowest BCUT2D eigenvalue weighted by molar-refractivity contribution is 0.0526. The molecule has 28 heavy (non-hydrogen) atoms. The number of thiazole rings is 1. The van der Waals surface area contributed by atoms with Crippen molar-refractivity contribution in [3.63, 3.8) is 0 Å². The molecule has 0 atom stereocenters. The second kappa shape index (κ2) is 8.23. The Kier molecular flexibility index (Phi) is 5.76. The zero-order valence-corrected chi connectivity index (χ0v) is 16.7. The van der Waals surface area contributed by atoms with Crippen molar-refractivity contribution in [3.05, 3.63) is 46.0 Å². The van der Waals surface area contributed by atoms with Crippen molar-refractivity contribution in [1.29, 1.82) is 0 Å². The van der Waals surface area contributed by atoms with E-state index in [0.29, 0.717) is 23.5 Å². The minimum absolute atomic E-state index is 0.257. The summed E-state index contributed by atoms with van der Waals surface area (Å²) in [7, 11) is 0. The third-order valence-corrected chi connectivity index (χ3v) is 5.18. The zero-order chi connectivity index (χ0) is 20.3. The van der Waals surface area contributed by atoms with Gasteiger partial charge in [0.25, 0.3) is 5.91 Å². The van der Waals surface area contributed by atoms with E-state index in [0.717, 1.165) is 15.9 Å². The molecule has 0 fully saturated rings. The number of carbonyl (C=O) groups is 2. The van der Waals surface area contributed by atoms with Crippen molar-refractivity contribution in [3.8, 4) is 12.3 Å². The van der Waals surface area contributed by atoms with Gasteiger partial charge in [-0.1, -0.05) is 17.3 Å². The average molecular weight is 396 g/mol. The zero-order valence-electron chi connectivity index (χ0n) is 15.9. The third-order valence-electron chi connectivity index (χ3n) is 4.14. The number of fused-ring (bicyclic) bond motifs is 1. The highest BCUT2D eigenvalue weighted by Crippen LogP contribution is 2.20. The number of carbonyl (C=O) groups excluding carboxylic acids is 2. The summed E-state index contributed by atoms with van der Waals surface area (Å²) in [4.78, 5) is 29.3. The van der Waals surface area contributed by atoms with Gasteiger partial charge in [0.2, 0.25) is 0 Å². The van der Waals surface area contributed by atoms with E-state index in [1.54, 1.807) is 40.4 Å². The summed E-state index contributed by atoms with van der Waals surface area (Å²) in [6.07, 6.45) is 5.50. The molecule has 7 nitrogen and oxygen atoms in total. The first-order chi connectivity index (χ1) is 13.5. The summed E-state index contributed by atoms with van der Waals surface area (Å²) in [6, 6.07) is 6.91. The number of hydrogen-bond acceptors (Lipinski definition) is 5. The Morgan fingerprint density at radius 3 is 2.75 bits per heavy atom. The van der Waals surface area contributed by atoms with Crippen molar-refractivity contribution >= 4 is 33.4 Å². The lowest BCUT2D eigenvalue weighted by Crippen LogP contribution is -2.16. The number of rotatable bonds is 5. The number of terminal acetylenes is 1. The van der Waals surface area contributed by atoms with Crippen LogP contribution in [0.3, 0.4) is 0 Å². The molecule has 1 amide bonds. The van der Waals surface area contributed by atoms with Crippen LogP contribution in [0.15, 0.2) is 29.3 Å². The first kappa shape index (κ1) is 19.6. The molecular formula is C20H20N4O3S. The molecule has 0 saturated carbocycles. The highest BCUT2D eigenvalue weighted by molar-refractivity contribution is 7.16. The molecule has 1 aromatic carbocycles. The molecule has 8 heteroatoms. The van der Waals surface area contributed by atoms with Gasteiger partial charge < -0.3 is 9.30 Å². The number of hydrogen-bond donors (Lipinski definition) is 0. The molecule has 3 rings (SSSR count). The molecule has 2 heterocycles. The van der Waals surface area contributed by atoms with Gasteiger partial charge >= 0.3 is 5.97 Å². The van der Waals surface area contributed by atoms with Crippen molar-refractivity contribution in [1.82, 2.24) is 14.3 Å². The van der Waals surface area contributed by atoms with Crippen LogP contribution in [0.2, 0.25) is 0 Å². The Balaban J connectivity index is 2.09. The molecular weight excluding hydrogens is 376 g/mol. The summed E-state index contributed by atoms with van der Waals surface area (Å²) in [5.41, 5.74) is 2.43. The summed E-state index contributed by atoms with van der Waals surface area (Å²) in [5, 5.41) is 4.28. The van der Waals surface area contributed by atoms with Crippen molar-refractivity contribution in [2.45, 2.75) is 33.9 Å². The molecule has 0 aliphatic carbocycles. The number of nitrogens with zero attached hydrogens (tertiary/aromatic N) is 4. The SMILES string of the molecule is C#CCn1c(=NC(=O)c2cc(C)n(CC)n2)sc2cc(C(=O)OCC)ccc21. The molecule has 3 aromatic rings. The topological polar surface area (TPSA) is 78.5 Å². The predicted molar refractivity (Wildman–Crippen MR) is 107 cm³/mol. The Bertz CT molecular complexity index is 1160. The number of aryl methyl sites for hydroxylation is 2. The van der Waals surface area contributed by atoms with Crippen LogP contribution < -0.4 is 4.80 Å². The largest absolute Gasteiger partial charge is 0.462 e. The fourth-order valence-corrected chi connectivity index (χ4v) is 3.89. The lowest BCUT2D eigenvalue weighted by atomic mass is 10.2. The molecule has 0 bridgehead atoms. The van der Waals surface area contributed by atoms with Crippen LogP contribution in [-0.2, 0) is 17.8 Å². The Hall–Kier alpha value is -3.18. The minimum Gasteiger partial charge on any atom is -0.462 e. The van der Waals surface area contributed by atoms with Crippen LogP contribution in [0.1, 0.15) is 40.4 Å². The summed E-state index contributed by atoms with van der Waals surface area (Å²) >= 11 is 1.29. The van der Waals surface area contributed by atoms with E-state index in [4.69, 9.17) is 11.2 Å². The van der Waals surface area contributed by atoms with Gasteiger partial charge in [0.1, 0.15) is 0 Å². The molecule has 0 radical (unpaired) electrons. The first-order valence-corrected chi connectivity index (χ1v) is 9.67. The maximum Gasteiger partial charge on any atom is 0.338 e. The van der Waals surface area contributed by atoms with Gasteiger partial charge in [0, 0.05) is 12.2 Å². The quantitative estimate of drug-likeness (QED) is 0.491. The maximum absolute atomic E-state index is 12.6. The summed E-state index contributed by atoms with van der Waals surface area (Å²) in [5.74, 6) is 1.76. The molecule has 0 aliphatic rings. The van der Waals surface area contributed by atoms with Gasteiger partial charge in [-0.05, 0) is 45.0 Å². The van der Waals surface area contributed by atoms with Crippen LogP contribution in [0.25, 0.3) is 10.2 Å². The van der Waals surface area contributed by atoms with Gasteiger partial charge in [-0.3, -0.25) is 9.48 Å². The minimum atomic E-state index is -0.432.